The third kappa shape index (κ3) is 9.48. The van der Waals surface area contributed by atoms with Crippen molar-refractivity contribution in [2.24, 2.45) is 11.8 Å². The van der Waals surface area contributed by atoms with Crippen LogP contribution < -0.4 is 0 Å². The summed E-state index contributed by atoms with van der Waals surface area (Å²) in [6.07, 6.45) is 0.00815. The Morgan fingerprint density at radius 1 is 1.09 bits per heavy atom. The van der Waals surface area contributed by atoms with Gasteiger partial charge in [0.25, 0.3) is 0 Å². The molecule has 0 saturated heterocycles. The quantitative estimate of drug-likeness (QED) is 0.0642. The summed E-state index contributed by atoms with van der Waals surface area (Å²) in [6, 6.07) is 4.20. The molecule has 3 atom stereocenters. The molecule has 0 aliphatic heterocycles. The van der Waals surface area contributed by atoms with Crippen LogP contribution in [0.3, 0.4) is 0 Å². The highest BCUT2D eigenvalue weighted by Crippen LogP contribution is 2.29. The molecule has 2 unspecified atom stereocenters. The monoisotopic (exact) mass is 484 g/mol. The van der Waals surface area contributed by atoms with Crippen molar-refractivity contribution in [2.75, 3.05) is 40.1 Å². The minimum absolute atomic E-state index is 0.0369. The van der Waals surface area contributed by atoms with Gasteiger partial charge in [-0.3, -0.25) is 14.4 Å². The fraction of sp³-hybridized carbons (Fsp3) is 0.522. The average molecular weight is 484 g/mol. The number of ether oxygens (including phenoxy) is 4. The summed E-state index contributed by atoms with van der Waals surface area (Å²) < 4.78 is 20.2. The van der Waals surface area contributed by atoms with E-state index >= 15 is 0 Å². The van der Waals surface area contributed by atoms with E-state index in [1.54, 1.807) is 13.0 Å². The summed E-state index contributed by atoms with van der Waals surface area (Å²) in [5, 5.41) is 38.1. The van der Waals surface area contributed by atoms with E-state index in [4.69, 9.17) is 24.1 Å². The van der Waals surface area contributed by atoms with E-state index in [2.05, 4.69) is 0 Å². The molecule has 11 nitrogen and oxygen atoms in total. The zero-order valence-corrected chi connectivity index (χ0v) is 19.2. The summed E-state index contributed by atoms with van der Waals surface area (Å²) in [5.41, 5.74) is 0.691. The number of aromatic hydroxyl groups is 2. The number of aldehydes is 1. The van der Waals surface area contributed by atoms with Crippen molar-refractivity contribution in [3.8, 4) is 11.5 Å². The molecule has 190 valence electrons. The van der Waals surface area contributed by atoms with Gasteiger partial charge in [-0.1, -0.05) is 12.1 Å². The highest BCUT2D eigenvalue weighted by molar-refractivity contribution is 5.82. The maximum Gasteiger partial charge on any atom is 0.314 e. The largest absolute Gasteiger partial charge is 0.504 e. The molecule has 4 N–H and O–H groups in total. The summed E-state index contributed by atoms with van der Waals surface area (Å²) in [7, 11) is 1.10. The zero-order chi connectivity index (χ0) is 25.5. The number of esters is 2. The van der Waals surface area contributed by atoms with Crippen molar-refractivity contribution < 1.29 is 53.8 Å². The molecule has 0 heterocycles. The Morgan fingerprint density at radius 2 is 1.82 bits per heavy atom. The minimum Gasteiger partial charge on any atom is -0.504 e. The van der Waals surface area contributed by atoms with Crippen LogP contribution in [0.4, 0.5) is 0 Å². The molecule has 0 aromatic heterocycles. The predicted octanol–water partition coefficient (Wildman–Crippen LogP) is 0.468. The summed E-state index contributed by atoms with van der Waals surface area (Å²) in [4.78, 5) is 36.5. The fourth-order valence-corrected chi connectivity index (χ4v) is 3.18. The summed E-state index contributed by atoms with van der Waals surface area (Å²) in [5.74, 6) is -4.69. The molecule has 0 aliphatic carbocycles. The zero-order valence-electron chi connectivity index (χ0n) is 19.2. The van der Waals surface area contributed by atoms with Crippen molar-refractivity contribution >= 4 is 18.2 Å². The van der Waals surface area contributed by atoms with Crippen LogP contribution in [0.2, 0.25) is 0 Å². The third-order valence-corrected chi connectivity index (χ3v) is 4.94. The van der Waals surface area contributed by atoms with E-state index in [1.807, 2.05) is 0 Å². The number of benzene rings is 1. The number of phenolic OH excluding ortho intramolecular Hbond substituents is 2. The Hall–Kier alpha value is -2.99. The normalized spacial score (nSPS) is 14.2. The smallest absolute Gasteiger partial charge is 0.314 e. The molecular weight excluding hydrogens is 452 g/mol. The molecule has 11 heteroatoms. The van der Waals surface area contributed by atoms with Gasteiger partial charge in [0.2, 0.25) is 0 Å². The maximum atomic E-state index is 12.5. The van der Waals surface area contributed by atoms with Crippen LogP contribution in [-0.2, 0) is 39.8 Å². The van der Waals surface area contributed by atoms with Gasteiger partial charge in [0.05, 0.1) is 46.6 Å². The number of aliphatic hydroxyl groups excluding tert-OH is 2. The molecule has 0 aliphatic rings. The Balaban J connectivity index is 2.87. The lowest BCUT2D eigenvalue weighted by Crippen LogP contribution is -2.40. The lowest BCUT2D eigenvalue weighted by atomic mass is 9.82. The van der Waals surface area contributed by atoms with E-state index in [0.717, 1.165) is 7.11 Å². The Morgan fingerprint density at radius 3 is 2.41 bits per heavy atom. The van der Waals surface area contributed by atoms with E-state index < -0.39 is 36.5 Å². The van der Waals surface area contributed by atoms with Crippen LogP contribution >= 0.6 is 0 Å². The molecular formula is C23H32O11. The van der Waals surface area contributed by atoms with Gasteiger partial charge in [0.15, 0.2) is 17.8 Å². The SMILES string of the molecule is C/C=C(/C=O)[C@H](CC(=O)OCCc1ccc(O)c(O)c1)C(C(=O)OC)C(O)OCCOCCO. The number of allylic oxidation sites excluding steroid dienone is 2. The number of carbonyl (C=O) groups excluding carboxylic acids is 3. The van der Waals surface area contributed by atoms with Crippen LogP contribution in [-0.4, -0.2) is 85.1 Å². The molecule has 0 fully saturated rings. The molecule has 0 amide bonds. The van der Waals surface area contributed by atoms with Gasteiger partial charge in [0, 0.05) is 12.3 Å². The number of hydrogen-bond acceptors (Lipinski definition) is 11. The Kier molecular flexibility index (Phi) is 13.5. The molecule has 1 rings (SSSR count). The van der Waals surface area contributed by atoms with Gasteiger partial charge < -0.3 is 39.4 Å². The third-order valence-electron chi connectivity index (χ3n) is 4.94. The van der Waals surface area contributed by atoms with Gasteiger partial charge in [-0.05, 0) is 30.2 Å². The van der Waals surface area contributed by atoms with Gasteiger partial charge in [-0.25, -0.2) is 0 Å². The van der Waals surface area contributed by atoms with Crippen molar-refractivity contribution in [3.63, 3.8) is 0 Å². The molecule has 0 radical (unpaired) electrons. The van der Waals surface area contributed by atoms with Crippen molar-refractivity contribution in [1.29, 1.82) is 0 Å². The lowest BCUT2D eigenvalue weighted by Gasteiger charge is -2.28. The average Bonchev–Trinajstić information content (AvgIpc) is 2.81. The summed E-state index contributed by atoms with van der Waals surface area (Å²) >= 11 is 0. The number of aliphatic hydroxyl groups is 2. The van der Waals surface area contributed by atoms with Crippen molar-refractivity contribution in [2.45, 2.75) is 26.1 Å². The molecule has 0 saturated carbocycles. The van der Waals surface area contributed by atoms with Crippen LogP contribution in [0.15, 0.2) is 29.8 Å². The first kappa shape index (κ1) is 29.0. The number of hydrogen-bond donors (Lipinski definition) is 4. The van der Waals surface area contributed by atoms with Crippen LogP contribution in [0.1, 0.15) is 18.9 Å². The van der Waals surface area contributed by atoms with Gasteiger partial charge in [-0.2, -0.15) is 0 Å². The fourth-order valence-electron chi connectivity index (χ4n) is 3.18. The van der Waals surface area contributed by atoms with E-state index in [1.165, 1.54) is 18.2 Å². The number of methoxy groups -OCH3 is 1. The number of phenols is 2. The second-order valence-electron chi connectivity index (χ2n) is 7.16. The van der Waals surface area contributed by atoms with Crippen LogP contribution in [0, 0.1) is 11.8 Å². The Bertz CT molecular complexity index is 821. The predicted molar refractivity (Wildman–Crippen MR) is 118 cm³/mol. The second-order valence-corrected chi connectivity index (χ2v) is 7.16. The van der Waals surface area contributed by atoms with E-state index in [-0.39, 0.29) is 56.5 Å². The van der Waals surface area contributed by atoms with E-state index in [9.17, 15) is 29.7 Å². The lowest BCUT2D eigenvalue weighted by molar-refractivity contribution is -0.182. The first-order valence-corrected chi connectivity index (χ1v) is 10.6. The van der Waals surface area contributed by atoms with Crippen LogP contribution in [0.5, 0.6) is 11.5 Å². The molecule has 0 spiro atoms. The van der Waals surface area contributed by atoms with Crippen molar-refractivity contribution in [3.05, 3.63) is 35.4 Å². The second kappa shape index (κ2) is 15.8. The Labute approximate surface area is 197 Å². The standard InChI is InChI=1S/C23H32O11/c1-3-16(14-25)17(21(22(29)31-2)23(30)34-11-10-32-9-7-24)13-20(28)33-8-6-15-4-5-18(26)19(27)12-15/h3-5,12,14,17,21,23-24,26-27,30H,6-11,13H2,1-2H3/b16-3-/t17-,21?,23?/m0/s1. The highest BCUT2D eigenvalue weighted by Gasteiger charge is 2.39. The first-order valence-electron chi connectivity index (χ1n) is 10.6. The molecule has 34 heavy (non-hydrogen) atoms. The van der Waals surface area contributed by atoms with E-state index in [0.29, 0.717) is 11.8 Å². The minimum atomic E-state index is -1.71. The van der Waals surface area contributed by atoms with Crippen LogP contribution in [0.25, 0.3) is 0 Å². The van der Waals surface area contributed by atoms with Gasteiger partial charge in [0.1, 0.15) is 12.2 Å². The highest BCUT2D eigenvalue weighted by atomic mass is 16.6. The molecule has 1 aromatic carbocycles. The van der Waals surface area contributed by atoms with Gasteiger partial charge >= 0.3 is 11.9 Å². The topological polar surface area (TPSA) is 169 Å². The number of carbonyl (C=O) groups is 3. The maximum absolute atomic E-state index is 12.5. The summed E-state index contributed by atoms with van der Waals surface area (Å²) in [6.45, 7) is 1.30. The van der Waals surface area contributed by atoms with Crippen molar-refractivity contribution in [1.82, 2.24) is 0 Å². The first-order chi connectivity index (χ1) is 16.3. The molecule has 1 aromatic rings. The van der Waals surface area contributed by atoms with Gasteiger partial charge in [-0.15, -0.1) is 0 Å². The molecule has 0 bridgehead atoms. The number of rotatable bonds is 16.